The minimum atomic E-state index is -0.359. The third kappa shape index (κ3) is 5.94. The maximum atomic E-state index is 10.8. The number of hydrogen-bond donors (Lipinski definition) is 1. The van der Waals surface area contributed by atoms with E-state index in [1.54, 1.807) is 6.20 Å². The summed E-state index contributed by atoms with van der Waals surface area (Å²) in [6.45, 7) is 4.61. The second kappa shape index (κ2) is 8.77. The standard InChI is InChI=1S/C13H18N2O2S2/c1-2-12(16)17-10-6-4-3-5-9-15-11(18)7-8-14-13(15)19/h2,7-8H,1,3-6,9-10H2,(H,14,19). The highest BCUT2D eigenvalue weighted by Gasteiger charge is 1.97. The van der Waals surface area contributed by atoms with Crippen LogP contribution in [-0.2, 0) is 16.1 Å². The number of ether oxygens (including phenoxy) is 1. The first-order chi connectivity index (χ1) is 9.15. The largest absolute Gasteiger partial charge is 0.463 e. The van der Waals surface area contributed by atoms with E-state index in [1.807, 2.05) is 10.6 Å². The van der Waals surface area contributed by atoms with Gasteiger partial charge in [-0.15, -0.1) is 0 Å². The molecular formula is C13H18N2O2S2. The van der Waals surface area contributed by atoms with Gasteiger partial charge in [0.15, 0.2) is 4.77 Å². The van der Waals surface area contributed by atoms with Crippen LogP contribution in [0, 0.1) is 9.41 Å². The molecule has 104 valence electrons. The lowest BCUT2D eigenvalue weighted by atomic mass is 10.2. The molecule has 0 fully saturated rings. The van der Waals surface area contributed by atoms with Gasteiger partial charge in [0, 0.05) is 18.8 Å². The van der Waals surface area contributed by atoms with Crippen LogP contribution < -0.4 is 0 Å². The Morgan fingerprint density at radius 3 is 2.79 bits per heavy atom. The quantitative estimate of drug-likeness (QED) is 0.345. The first-order valence-corrected chi connectivity index (χ1v) is 7.04. The molecule has 0 radical (unpaired) electrons. The predicted molar refractivity (Wildman–Crippen MR) is 80.1 cm³/mol. The summed E-state index contributed by atoms with van der Waals surface area (Å²) < 4.78 is 8.23. The fourth-order valence-corrected chi connectivity index (χ4v) is 2.19. The molecule has 4 nitrogen and oxygen atoms in total. The molecule has 19 heavy (non-hydrogen) atoms. The Morgan fingerprint density at radius 1 is 1.37 bits per heavy atom. The molecule has 0 aliphatic rings. The van der Waals surface area contributed by atoms with Crippen LogP contribution in [0.15, 0.2) is 24.9 Å². The zero-order valence-corrected chi connectivity index (χ0v) is 12.4. The number of unbranched alkanes of at least 4 members (excludes halogenated alkanes) is 3. The number of hydrogen-bond acceptors (Lipinski definition) is 4. The zero-order valence-electron chi connectivity index (χ0n) is 10.8. The zero-order chi connectivity index (χ0) is 14.1. The van der Waals surface area contributed by atoms with Crippen molar-refractivity contribution in [1.82, 2.24) is 9.55 Å². The van der Waals surface area contributed by atoms with Gasteiger partial charge >= 0.3 is 5.97 Å². The van der Waals surface area contributed by atoms with Gasteiger partial charge in [-0.05, 0) is 37.5 Å². The van der Waals surface area contributed by atoms with Crippen molar-refractivity contribution in [3.63, 3.8) is 0 Å². The molecule has 0 bridgehead atoms. The molecule has 0 amide bonds. The Balaban J connectivity index is 2.18. The molecule has 0 saturated heterocycles. The fraction of sp³-hybridized carbons (Fsp3) is 0.462. The monoisotopic (exact) mass is 298 g/mol. The number of aromatic amines is 1. The molecule has 1 aromatic rings. The van der Waals surface area contributed by atoms with Crippen LogP contribution in [0.25, 0.3) is 0 Å². The smallest absolute Gasteiger partial charge is 0.330 e. The van der Waals surface area contributed by atoms with Crippen molar-refractivity contribution in [2.75, 3.05) is 6.61 Å². The van der Waals surface area contributed by atoms with Gasteiger partial charge in [-0.3, -0.25) is 0 Å². The molecule has 6 heteroatoms. The van der Waals surface area contributed by atoms with E-state index in [0.717, 1.165) is 36.9 Å². The van der Waals surface area contributed by atoms with Crippen LogP contribution in [-0.4, -0.2) is 22.1 Å². The molecule has 1 aromatic heterocycles. The summed E-state index contributed by atoms with van der Waals surface area (Å²) in [4.78, 5) is 13.8. The second-order valence-electron chi connectivity index (χ2n) is 4.06. The average Bonchev–Trinajstić information content (AvgIpc) is 2.40. The van der Waals surface area contributed by atoms with Crippen LogP contribution in [0.1, 0.15) is 25.7 Å². The van der Waals surface area contributed by atoms with Crippen molar-refractivity contribution in [3.05, 3.63) is 34.3 Å². The molecule has 1 N–H and O–H groups in total. The van der Waals surface area contributed by atoms with Crippen molar-refractivity contribution in [2.24, 2.45) is 0 Å². The number of H-pyrrole nitrogens is 1. The van der Waals surface area contributed by atoms with E-state index >= 15 is 0 Å². The normalized spacial score (nSPS) is 10.1. The maximum absolute atomic E-state index is 10.8. The molecule has 0 saturated carbocycles. The summed E-state index contributed by atoms with van der Waals surface area (Å²) in [7, 11) is 0. The Bertz CT molecular complexity index is 506. The van der Waals surface area contributed by atoms with Gasteiger partial charge in [-0.1, -0.05) is 25.2 Å². The lowest BCUT2D eigenvalue weighted by Gasteiger charge is -2.06. The average molecular weight is 298 g/mol. The Kier molecular flexibility index (Phi) is 7.28. The van der Waals surface area contributed by atoms with Crippen LogP contribution in [0.4, 0.5) is 0 Å². The third-order valence-electron chi connectivity index (χ3n) is 2.63. The van der Waals surface area contributed by atoms with Gasteiger partial charge in [0.1, 0.15) is 4.64 Å². The molecule has 0 aliphatic carbocycles. The van der Waals surface area contributed by atoms with E-state index in [1.165, 1.54) is 6.08 Å². The summed E-state index contributed by atoms with van der Waals surface area (Å²) in [5, 5.41) is 0. The predicted octanol–water partition coefficient (Wildman–Crippen LogP) is 3.56. The van der Waals surface area contributed by atoms with E-state index in [0.29, 0.717) is 11.4 Å². The minimum Gasteiger partial charge on any atom is -0.463 e. The molecule has 1 rings (SSSR count). The van der Waals surface area contributed by atoms with Crippen LogP contribution in [0.5, 0.6) is 0 Å². The van der Waals surface area contributed by atoms with E-state index < -0.39 is 0 Å². The third-order valence-corrected chi connectivity index (χ3v) is 3.33. The summed E-state index contributed by atoms with van der Waals surface area (Å²) in [6, 6.07) is 1.83. The Labute approximate surface area is 123 Å². The Hall–Kier alpha value is -1.27. The molecule has 1 heterocycles. The van der Waals surface area contributed by atoms with E-state index in [-0.39, 0.29) is 5.97 Å². The number of nitrogens with zero attached hydrogens (tertiary/aromatic N) is 1. The van der Waals surface area contributed by atoms with E-state index in [4.69, 9.17) is 29.2 Å². The highest BCUT2D eigenvalue weighted by molar-refractivity contribution is 7.72. The van der Waals surface area contributed by atoms with E-state index in [9.17, 15) is 4.79 Å². The Morgan fingerprint density at radius 2 is 2.11 bits per heavy atom. The van der Waals surface area contributed by atoms with Crippen molar-refractivity contribution in [1.29, 1.82) is 0 Å². The van der Waals surface area contributed by atoms with Crippen molar-refractivity contribution in [2.45, 2.75) is 32.2 Å². The van der Waals surface area contributed by atoms with Gasteiger partial charge in [0.2, 0.25) is 0 Å². The van der Waals surface area contributed by atoms with Gasteiger partial charge in [0.25, 0.3) is 0 Å². The minimum absolute atomic E-state index is 0.359. The van der Waals surface area contributed by atoms with E-state index in [2.05, 4.69) is 11.6 Å². The number of carbonyl (C=O) groups is 1. The number of nitrogens with one attached hydrogen (secondary N) is 1. The number of carbonyl (C=O) groups excluding carboxylic acids is 1. The van der Waals surface area contributed by atoms with Crippen LogP contribution in [0.3, 0.4) is 0 Å². The summed E-state index contributed by atoms with van der Waals surface area (Å²) >= 11 is 10.4. The first kappa shape index (κ1) is 15.8. The highest BCUT2D eigenvalue weighted by Crippen LogP contribution is 2.04. The van der Waals surface area contributed by atoms with Gasteiger partial charge in [-0.2, -0.15) is 0 Å². The molecule has 0 atom stereocenters. The molecule has 0 spiro atoms. The first-order valence-electron chi connectivity index (χ1n) is 6.23. The highest BCUT2D eigenvalue weighted by atomic mass is 32.1. The summed E-state index contributed by atoms with van der Waals surface area (Å²) in [5.74, 6) is -0.359. The van der Waals surface area contributed by atoms with Crippen molar-refractivity contribution < 1.29 is 9.53 Å². The van der Waals surface area contributed by atoms with Gasteiger partial charge in [-0.25, -0.2) is 4.79 Å². The lowest BCUT2D eigenvalue weighted by molar-refractivity contribution is -0.137. The van der Waals surface area contributed by atoms with Gasteiger partial charge < -0.3 is 14.3 Å². The molecule has 0 aromatic carbocycles. The number of aromatic nitrogens is 2. The number of esters is 1. The maximum Gasteiger partial charge on any atom is 0.330 e. The van der Waals surface area contributed by atoms with Crippen LogP contribution >= 0.6 is 24.4 Å². The molecule has 0 aliphatic heterocycles. The van der Waals surface area contributed by atoms with Crippen molar-refractivity contribution in [3.8, 4) is 0 Å². The SMILES string of the molecule is C=CC(=O)OCCCCCCn1c(=S)cc[nH]c1=S. The topological polar surface area (TPSA) is 47.0 Å². The lowest BCUT2D eigenvalue weighted by Crippen LogP contribution is -2.04. The van der Waals surface area contributed by atoms with Crippen molar-refractivity contribution >= 4 is 30.4 Å². The molecular weight excluding hydrogens is 280 g/mol. The van der Waals surface area contributed by atoms with Crippen LogP contribution in [0.2, 0.25) is 0 Å². The number of rotatable bonds is 8. The second-order valence-corrected chi connectivity index (χ2v) is 4.86. The van der Waals surface area contributed by atoms with Gasteiger partial charge in [0.05, 0.1) is 6.61 Å². The molecule has 0 unspecified atom stereocenters. The fourth-order valence-electron chi connectivity index (χ4n) is 1.62. The summed E-state index contributed by atoms with van der Waals surface area (Å²) in [5.41, 5.74) is 0. The summed E-state index contributed by atoms with van der Waals surface area (Å²) in [6.07, 6.45) is 6.88.